The minimum Gasteiger partial charge on any atom is -0.477 e. The number of anilines is 1. The maximum atomic E-state index is 12.1. The molecule has 1 N–H and O–H groups in total. The SMILES string of the molecule is N#CC1CCN(c2ccc(-c3cc(C(=O)O)nc4c3c(C3CCC3)nn4C3CCCCC3)cc2)CC1. The van der Waals surface area contributed by atoms with E-state index >= 15 is 0 Å². The number of nitrogens with zero attached hydrogens (tertiary/aromatic N) is 5. The van der Waals surface area contributed by atoms with Crippen LogP contribution in [0.25, 0.3) is 22.2 Å². The number of fused-ring (bicyclic) bond motifs is 1. The summed E-state index contributed by atoms with van der Waals surface area (Å²) in [5.74, 6) is -0.420. The van der Waals surface area contributed by atoms with Gasteiger partial charge in [0.15, 0.2) is 11.3 Å². The van der Waals surface area contributed by atoms with E-state index in [4.69, 9.17) is 5.10 Å². The van der Waals surface area contributed by atoms with E-state index in [1.165, 1.54) is 25.7 Å². The fraction of sp³-hybridized carbons (Fsp3) is 0.517. The lowest BCUT2D eigenvalue weighted by atomic mass is 9.81. The lowest BCUT2D eigenvalue weighted by Gasteiger charge is -2.31. The molecule has 0 bridgehead atoms. The first kappa shape index (κ1) is 23.0. The molecule has 0 radical (unpaired) electrons. The molecule has 1 saturated heterocycles. The zero-order valence-electron chi connectivity index (χ0n) is 20.7. The van der Waals surface area contributed by atoms with Gasteiger partial charge in [-0.1, -0.05) is 37.8 Å². The molecule has 3 aromatic rings. The summed E-state index contributed by atoms with van der Waals surface area (Å²) in [5.41, 5.74) is 5.00. The van der Waals surface area contributed by atoms with Gasteiger partial charge in [-0.05, 0) is 67.9 Å². The van der Waals surface area contributed by atoms with E-state index in [0.717, 1.165) is 85.2 Å². The van der Waals surface area contributed by atoms with Gasteiger partial charge in [0.2, 0.25) is 0 Å². The van der Waals surface area contributed by atoms with Crippen molar-refractivity contribution in [2.75, 3.05) is 18.0 Å². The number of rotatable bonds is 5. The molecule has 7 nitrogen and oxygen atoms in total. The van der Waals surface area contributed by atoms with Crippen molar-refractivity contribution in [1.82, 2.24) is 14.8 Å². The van der Waals surface area contributed by atoms with Crippen molar-refractivity contribution in [2.45, 2.75) is 76.2 Å². The Morgan fingerprint density at radius 3 is 2.31 bits per heavy atom. The van der Waals surface area contributed by atoms with Crippen LogP contribution in [0.4, 0.5) is 5.69 Å². The maximum Gasteiger partial charge on any atom is 0.354 e. The third kappa shape index (κ3) is 4.13. The van der Waals surface area contributed by atoms with E-state index in [2.05, 4.69) is 44.9 Å². The predicted octanol–water partition coefficient (Wildman–Crippen LogP) is 6.31. The summed E-state index contributed by atoms with van der Waals surface area (Å²) in [6, 6.07) is 12.9. The molecule has 0 amide bonds. The molecule has 36 heavy (non-hydrogen) atoms. The zero-order valence-corrected chi connectivity index (χ0v) is 20.7. The second-order valence-corrected chi connectivity index (χ2v) is 10.7. The third-order valence-electron chi connectivity index (χ3n) is 8.54. The van der Waals surface area contributed by atoms with Crippen molar-refractivity contribution in [3.63, 3.8) is 0 Å². The van der Waals surface area contributed by atoms with Gasteiger partial charge in [-0.25, -0.2) is 14.5 Å². The van der Waals surface area contributed by atoms with Crippen LogP contribution >= 0.6 is 0 Å². The van der Waals surface area contributed by atoms with E-state index in [-0.39, 0.29) is 17.7 Å². The molecular formula is C29H33N5O2. The fourth-order valence-corrected chi connectivity index (χ4v) is 6.17. The third-order valence-corrected chi connectivity index (χ3v) is 8.54. The number of pyridine rings is 1. The molecule has 1 aromatic carbocycles. The van der Waals surface area contributed by atoms with Gasteiger partial charge < -0.3 is 10.0 Å². The number of piperidine rings is 1. The van der Waals surface area contributed by atoms with Crippen molar-refractivity contribution in [2.24, 2.45) is 5.92 Å². The first-order valence-electron chi connectivity index (χ1n) is 13.5. The van der Waals surface area contributed by atoms with Gasteiger partial charge in [-0.3, -0.25) is 0 Å². The van der Waals surface area contributed by atoms with Gasteiger partial charge in [0.05, 0.1) is 23.2 Å². The van der Waals surface area contributed by atoms with E-state index in [9.17, 15) is 15.2 Å². The van der Waals surface area contributed by atoms with Crippen LogP contribution in [0.3, 0.4) is 0 Å². The molecule has 2 aliphatic carbocycles. The molecule has 7 heteroatoms. The van der Waals surface area contributed by atoms with Crippen LogP contribution in [0.15, 0.2) is 30.3 Å². The summed E-state index contributed by atoms with van der Waals surface area (Å²) in [4.78, 5) is 19.1. The van der Waals surface area contributed by atoms with Crippen molar-refractivity contribution < 1.29 is 9.90 Å². The molecule has 2 aromatic heterocycles. The van der Waals surface area contributed by atoms with Crippen molar-refractivity contribution >= 4 is 22.7 Å². The van der Waals surface area contributed by atoms with Crippen molar-refractivity contribution in [3.8, 4) is 17.2 Å². The number of hydrogen-bond acceptors (Lipinski definition) is 5. The highest BCUT2D eigenvalue weighted by Gasteiger charge is 2.31. The van der Waals surface area contributed by atoms with Crippen molar-refractivity contribution in [1.29, 1.82) is 5.26 Å². The Hall–Kier alpha value is -3.40. The lowest BCUT2D eigenvalue weighted by Crippen LogP contribution is -2.33. The van der Waals surface area contributed by atoms with Crippen LogP contribution in [-0.4, -0.2) is 38.9 Å². The largest absolute Gasteiger partial charge is 0.477 e. The zero-order chi connectivity index (χ0) is 24.6. The molecule has 0 spiro atoms. The first-order valence-corrected chi connectivity index (χ1v) is 13.5. The van der Waals surface area contributed by atoms with Crippen LogP contribution < -0.4 is 4.90 Å². The molecule has 0 atom stereocenters. The monoisotopic (exact) mass is 483 g/mol. The Balaban J connectivity index is 1.44. The number of aromatic carboxylic acids is 1. The Kier molecular flexibility index (Phi) is 6.12. The van der Waals surface area contributed by atoms with Gasteiger partial charge in [-0.2, -0.15) is 10.4 Å². The van der Waals surface area contributed by atoms with E-state index in [1.54, 1.807) is 6.07 Å². The van der Waals surface area contributed by atoms with Gasteiger partial charge in [-0.15, -0.1) is 0 Å². The van der Waals surface area contributed by atoms with E-state index in [1.807, 2.05) is 0 Å². The van der Waals surface area contributed by atoms with Gasteiger partial charge in [0.1, 0.15) is 0 Å². The van der Waals surface area contributed by atoms with Crippen LogP contribution in [-0.2, 0) is 0 Å². The molecule has 1 aliphatic heterocycles. The molecular weight excluding hydrogens is 450 g/mol. The van der Waals surface area contributed by atoms with E-state index in [0.29, 0.717) is 5.92 Å². The number of carboxylic acid groups (broad SMARTS) is 1. The standard InChI is InChI=1S/C29H33N5O2/c30-18-19-13-15-33(16-14-19)22-11-9-20(10-12-22)24-17-25(29(35)36)31-28-26(24)27(21-5-4-6-21)32-34(28)23-7-2-1-3-8-23/h9-12,17,19,21,23H,1-8,13-16H2,(H,35,36). The quantitative estimate of drug-likeness (QED) is 0.457. The van der Waals surface area contributed by atoms with Crippen molar-refractivity contribution in [3.05, 3.63) is 41.7 Å². The fourth-order valence-electron chi connectivity index (χ4n) is 6.17. The second kappa shape index (κ2) is 9.57. The maximum absolute atomic E-state index is 12.1. The first-order chi connectivity index (χ1) is 17.6. The van der Waals surface area contributed by atoms with Gasteiger partial charge >= 0.3 is 5.97 Å². The topological polar surface area (TPSA) is 95.0 Å². The summed E-state index contributed by atoms with van der Waals surface area (Å²) in [6.45, 7) is 1.78. The average Bonchev–Trinajstić information content (AvgIpc) is 3.27. The Morgan fingerprint density at radius 2 is 1.69 bits per heavy atom. The Bertz CT molecular complexity index is 1300. The summed E-state index contributed by atoms with van der Waals surface area (Å²) in [7, 11) is 0. The second-order valence-electron chi connectivity index (χ2n) is 10.7. The predicted molar refractivity (Wildman–Crippen MR) is 139 cm³/mol. The minimum atomic E-state index is -1.00. The van der Waals surface area contributed by atoms with Gasteiger partial charge in [0, 0.05) is 30.6 Å². The number of hydrogen-bond donors (Lipinski definition) is 1. The molecule has 3 heterocycles. The molecule has 6 rings (SSSR count). The smallest absolute Gasteiger partial charge is 0.354 e. The average molecular weight is 484 g/mol. The van der Waals surface area contributed by atoms with E-state index < -0.39 is 5.97 Å². The number of nitriles is 1. The number of carbonyl (C=O) groups is 1. The number of benzene rings is 1. The van der Waals surface area contributed by atoms with Crippen LogP contribution in [0, 0.1) is 17.2 Å². The lowest BCUT2D eigenvalue weighted by molar-refractivity contribution is 0.0691. The number of aromatic nitrogens is 3. The van der Waals surface area contributed by atoms with Crippen LogP contribution in [0.2, 0.25) is 0 Å². The minimum absolute atomic E-state index is 0.0808. The summed E-state index contributed by atoms with van der Waals surface area (Å²) in [5, 5.41) is 25.3. The highest BCUT2D eigenvalue weighted by atomic mass is 16.4. The Labute approximate surface area is 211 Å². The number of carboxylic acids is 1. The highest BCUT2D eigenvalue weighted by molar-refractivity contribution is 6.00. The van der Waals surface area contributed by atoms with Crippen LogP contribution in [0.1, 0.15) is 92.4 Å². The molecule has 3 aliphatic rings. The summed E-state index contributed by atoms with van der Waals surface area (Å²) < 4.78 is 2.08. The molecule has 186 valence electrons. The summed E-state index contributed by atoms with van der Waals surface area (Å²) in [6.07, 6.45) is 11.1. The van der Waals surface area contributed by atoms with Gasteiger partial charge in [0.25, 0.3) is 0 Å². The molecule has 3 fully saturated rings. The molecule has 0 unspecified atom stereocenters. The Morgan fingerprint density at radius 1 is 0.972 bits per heavy atom. The normalized spacial score (nSPS) is 19.8. The summed E-state index contributed by atoms with van der Waals surface area (Å²) >= 11 is 0. The highest BCUT2D eigenvalue weighted by Crippen LogP contribution is 2.44. The van der Waals surface area contributed by atoms with Crippen LogP contribution in [0.5, 0.6) is 0 Å². The molecule has 2 saturated carbocycles.